The Kier molecular flexibility index (Phi) is 6.27. The zero-order valence-electron chi connectivity index (χ0n) is 21.1. The molecule has 0 unspecified atom stereocenters. The van der Waals surface area contributed by atoms with Crippen molar-refractivity contribution in [1.82, 2.24) is 9.99 Å². The van der Waals surface area contributed by atoms with Gasteiger partial charge in [-0.1, -0.05) is 75.4 Å². The molecule has 1 amide bonds. The van der Waals surface area contributed by atoms with E-state index < -0.39 is 6.10 Å². The van der Waals surface area contributed by atoms with Gasteiger partial charge in [-0.25, -0.2) is 5.43 Å². The van der Waals surface area contributed by atoms with Crippen molar-refractivity contribution in [2.24, 2.45) is 5.10 Å². The predicted octanol–water partition coefficient (Wildman–Crippen LogP) is 5.59. The lowest BCUT2D eigenvalue weighted by atomic mass is 9.87. The normalized spacial score (nSPS) is 15.4. The second-order valence-electron chi connectivity index (χ2n) is 10.2. The molecule has 2 heterocycles. The van der Waals surface area contributed by atoms with E-state index in [4.69, 9.17) is 9.47 Å². The van der Waals surface area contributed by atoms with Crippen LogP contribution < -0.4 is 14.9 Å². The van der Waals surface area contributed by atoms with Crippen molar-refractivity contribution in [3.05, 3.63) is 95.2 Å². The number of aromatic nitrogens is 1. The third-order valence-corrected chi connectivity index (χ3v) is 6.59. The first-order valence-corrected chi connectivity index (χ1v) is 12.2. The Hall–Kier alpha value is -4.06. The fraction of sp³-hybridized carbons (Fsp3) is 0.267. The van der Waals surface area contributed by atoms with Crippen molar-refractivity contribution in [1.29, 1.82) is 0 Å². The first kappa shape index (κ1) is 23.7. The number of benzene rings is 3. The Balaban J connectivity index is 1.33. The van der Waals surface area contributed by atoms with E-state index >= 15 is 0 Å². The summed E-state index contributed by atoms with van der Waals surface area (Å²) in [7, 11) is 0. The van der Waals surface area contributed by atoms with Crippen molar-refractivity contribution < 1.29 is 14.3 Å². The van der Waals surface area contributed by atoms with Gasteiger partial charge in [-0.3, -0.25) is 4.79 Å². The third-order valence-electron chi connectivity index (χ3n) is 6.59. The number of carbonyl (C=O) groups excluding carboxylic acids is 1. The van der Waals surface area contributed by atoms with Crippen LogP contribution in [0.4, 0.5) is 0 Å². The summed E-state index contributed by atoms with van der Waals surface area (Å²) in [6, 6.07) is 24.5. The van der Waals surface area contributed by atoms with E-state index in [0.29, 0.717) is 11.5 Å². The maximum absolute atomic E-state index is 12.8. The lowest BCUT2D eigenvalue weighted by Crippen LogP contribution is -2.42. The van der Waals surface area contributed by atoms with Crippen LogP contribution in [0, 0.1) is 6.92 Å². The number of hydrazone groups is 1. The number of rotatable bonds is 5. The fourth-order valence-corrected chi connectivity index (χ4v) is 4.49. The van der Waals surface area contributed by atoms with Crippen LogP contribution in [0.3, 0.4) is 0 Å². The molecule has 3 aromatic carbocycles. The Labute approximate surface area is 211 Å². The summed E-state index contributed by atoms with van der Waals surface area (Å²) in [5.74, 6) is 0.888. The smallest absolute Gasteiger partial charge is 0.284 e. The summed E-state index contributed by atoms with van der Waals surface area (Å²) < 4.78 is 14.0. The molecule has 0 spiro atoms. The summed E-state index contributed by atoms with van der Waals surface area (Å²) in [5.41, 5.74) is 8.14. The van der Waals surface area contributed by atoms with Crippen LogP contribution in [0.15, 0.2) is 77.9 Å². The average molecular weight is 482 g/mol. The molecule has 1 atom stereocenters. The van der Waals surface area contributed by atoms with E-state index in [1.807, 2.05) is 48.5 Å². The van der Waals surface area contributed by atoms with Gasteiger partial charge in [0.15, 0.2) is 11.5 Å². The summed E-state index contributed by atoms with van der Waals surface area (Å²) in [5, 5.41) is 5.38. The van der Waals surface area contributed by atoms with E-state index in [1.165, 1.54) is 5.56 Å². The highest BCUT2D eigenvalue weighted by molar-refractivity contribution is 6.01. The second-order valence-corrected chi connectivity index (χ2v) is 10.2. The largest absolute Gasteiger partial charge is 0.485 e. The van der Waals surface area contributed by atoms with Crippen molar-refractivity contribution in [2.75, 3.05) is 6.61 Å². The Morgan fingerprint density at radius 2 is 1.81 bits per heavy atom. The van der Waals surface area contributed by atoms with Crippen molar-refractivity contribution in [3.63, 3.8) is 0 Å². The number of para-hydroxylation sites is 1. The van der Waals surface area contributed by atoms with Gasteiger partial charge in [0.2, 0.25) is 6.10 Å². The van der Waals surface area contributed by atoms with Crippen LogP contribution in [0.2, 0.25) is 0 Å². The fourth-order valence-electron chi connectivity index (χ4n) is 4.49. The number of ether oxygens (including phenoxy) is 2. The molecule has 6 heteroatoms. The Morgan fingerprint density at radius 1 is 1.06 bits per heavy atom. The number of nitrogens with zero attached hydrogens (tertiary/aromatic N) is 2. The lowest BCUT2D eigenvalue weighted by molar-refractivity contribution is -0.130. The summed E-state index contributed by atoms with van der Waals surface area (Å²) in [4.78, 5) is 12.8. The summed E-state index contributed by atoms with van der Waals surface area (Å²) in [6.07, 6.45) is 0.942. The van der Waals surface area contributed by atoms with E-state index in [-0.39, 0.29) is 17.9 Å². The molecule has 0 fully saturated rings. The SMILES string of the molecule is Cc1c(/C=N\NC(=O)[C@@H]2COc3ccc(C(C)(C)C)cc3O2)c2ccccc2n1Cc1ccccc1. The van der Waals surface area contributed by atoms with E-state index in [2.05, 4.69) is 67.1 Å². The quantitative estimate of drug-likeness (QED) is 0.299. The number of fused-ring (bicyclic) bond motifs is 2. The van der Waals surface area contributed by atoms with Gasteiger partial charge in [-0.15, -0.1) is 0 Å². The van der Waals surface area contributed by atoms with E-state index in [0.717, 1.165) is 34.3 Å². The molecule has 0 saturated carbocycles. The van der Waals surface area contributed by atoms with Gasteiger partial charge in [-0.2, -0.15) is 5.10 Å². The van der Waals surface area contributed by atoms with Crippen LogP contribution in [-0.4, -0.2) is 29.4 Å². The molecule has 1 N–H and O–H groups in total. The van der Waals surface area contributed by atoms with E-state index in [9.17, 15) is 4.79 Å². The molecule has 1 aliphatic heterocycles. The summed E-state index contributed by atoms with van der Waals surface area (Å²) >= 11 is 0. The molecule has 36 heavy (non-hydrogen) atoms. The minimum absolute atomic E-state index is 0.0323. The topological polar surface area (TPSA) is 64.8 Å². The standard InChI is InChI=1S/C30H31N3O3/c1-20-24(23-12-8-9-13-25(23)33(20)18-21-10-6-5-7-11-21)17-31-32-29(34)28-19-35-26-15-14-22(30(2,3)4)16-27(26)36-28/h5-17,28H,18-19H2,1-4H3,(H,32,34)/b31-17-/t28-/m0/s1. The monoisotopic (exact) mass is 481 g/mol. The average Bonchev–Trinajstić information content (AvgIpc) is 3.14. The van der Waals surface area contributed by atoms with Crippen molar-refractivity contribution >= 4 is 23.0 Å². The first-order chi connectivity index (χ1) is 17.3. The molecule has 4 aromatic rings. The molecule has 5 rings (SSSR count). The zero-order valence-corrected chi connectivity index (χ0v) is 21.1. The van der Waals surface area contributed by atoms with Gasteiger partial charge >= 0.3 is 0 Å². The first-order valence-electron chi connectivity index (χ1n) is 12.2. The van der Waals surface area contributed by atoms with Crippen molar-refractivity contribution in [2.45, 2.75) is 45.8 Å². The summed E-state index contributed by atoms with van der Waals surface area (Å²) in [6.45, 7) is 9.38. The van der Waals surface area contributed by atoms with Crippen LogP contribution in [0.25, 0.3) is 10.9 Å². The zero-order chi connectivity index (χ0) is 25.3. The minimum atomic E-state index is -0.773. The molecule has 0 aliphatic carbocycles. The number of carbonyl (C=O) groups is 1. The second kappa shape index (κ2) is 9.53. The highest BCUT2D eigenvalue weighted by Gasteiger charge is 2.28. The molecule has 1 aliphatic rings. The van der Waals surface area contributed by atoms with Crippen LogP contribution >= 0.6 is 0 Å². The van der Waals surface area contributed by atoms with Crippen LogP contribution in [-0.2, 0) is 16.8 Å². The maximum Gasteiger partial charge on any atom is 0.284 e. The van der Waals surface area contributed by atoms with Gasteiger partial charge in [0.1, 0.15) is 6.61 Å². The molecular weight excluding hydrogens is 450 g/mol. The van der Waals surface area contributed by atoms with Gasteiger partial charge in [0.05, 0.1) is 6.21 Å². The molecule has 0 radical (unpaired) electrons. The highest BCUT2D eigenvalue weighted by Crippen LogP contribution is 2.36. The molecule has 184 valence electrons. The van der Waals surface area contributed by atoms with Gasteiger partial charge in [0, 0.05) is 28.7 Å². The highest BCUT2D eigenvalue weighted by atomic mass is 16.6. The van der Waals surface area contributed by atoms with E-state index in [1.54, 1.807) is 6.21 Å². The molecule has 0 bridgehead atoms. The van der Waals surface area contributed by atoms with Gasteiger partial charge < -0.3 is 14.0 Å². The third kappa shape index (κ3) is 4.71. The van der Waals surface area contributed by atoms with Crippen molar-refractivity contribution in [3.8, 4) is 11.5 Å². The van der Waals surface area contributed by atoms with Crippen LogP contribution in [0.1, 0.15) is 43.2 Å². The number of amides is 1. The van der Waals surface area contributed by atoms with Gasteiger partial charge in [0.25, 0.3) is 5.91 Å². The molecule has 0 saturated heterocycles. The lowest BCUT2D eigenvalue weighted by Gasteiger charge is -2.27. The van der Waals surface area contributed by atoms with Gasteiger partial charge in [-0.05, 0) is 41.7 Å². The number of hydrogen-bond acceptors (Lipinski definition) is 4. The Bertz CT molecular complexity index is 1430. The molecule has 6 nitrogen and oxygen atoms in total. The van der Waals surface area contributed by atoms with Crippen LogP contribution in [0.5, 0.6) is 11.5 Å². The number of hydrogen-bond donors (Lipinski definition) is 1. The molecule has 1 aromatic heterocycles. The predicted molar refractivity (Wildman–Crippen MR) is 143 cm³/mol. The number of nitrogens with one attached hydrogen (secondary N) is 1. The minimum Gasteiger partial charge on any atom is -0.485 e. The maximum atomic E-state index is 12.8. The molecular formula is C30H31N3O3. The Morgan fingerprint density at radius 3 is 2.58 bits per heavy atom.